The molecule has 0 spiro atoms. The highest BCUT2D eigenvalue weighted by Gasteiger charge is 2.28. The Bertz CT molecular complexity index is 562. The zero-order valence-electron chi connectivity index (χ0n) is 11.3. The number of hydrogen-bond donors (Lipinski definition) is 2. The molecule has 0 saturated carbocycles. The van der Waals surface area contributed by atoms with Crippen molar-refractivity contribution in [2.24, 2.45) is 5.73 Å². The molecule has 0 aliphatic rings. The van der Waals surface area contributed by atoms with Crippen molar-refractivity contribution in [3.05, 3.63) is 23.8 Å². The van der Waals surface area contributed by atoms with Crippen molar-refractivity contribution in [3.63, 3.8) is 0 Å². The summed E-state index contributed by atoms with van der Waals surface area (Å²) in [6, 6.07) is 4.19. The first kappa shape index (κ1) is 15.5. The van der Waals surface area contributed by atoms with E-state index in [0.29, 0.717) is 5.69 Å². The monoisotopic (exact) mass is 285 g/mol. The third-order valence-electron chi connectivity index (χ3n) is 2.57. The molecule has 0 bridgehead atoms. The van der Waals surface area contributed by atoms with Gasteiger partial charge in [0.1, 0.15) is 0 Å². The van der Waals surface area contributed by atoms with Gasteiger partial charge < -0.3 is 11.5 Å². The topological polar surface area (TPSA) is 106 Å². The van der Waals surface area contributed by atoms with Gasteiger partial charge in [-0.2, -0.15) is 4.31 Å². The quantitative estimate of drug-likeness (QED) is 0.766. The number of anilines is 1. The van der Waals surface area contributed by atoms with Gasteiger partial charge in [-0.05, 0) is 44.5 Å². The van der Waals surface area contributed by atoms with E-state index in [1.807, 2.05) is 0 Å². The lowest BCUT2D eigenvalue weighted by molar-refractivity contribution is -0.118. The van der Waals surface area contributed by atoms with Crippen molar-refractivity contribution in [3.8, 4) is 0 Å². The summed E-state index contributed by atoms with van der Waals surface area (Å²) in [7, 11) is -3.79. The maximum absolute atomic E-state index is 12.5. The second-order valence-corrected chi connectivity index (χ2v) is 6.58. The zero-order valence-corrected chi connectivity index (χ0v) is 12.1. The molecule has 0 aliphatic heterocycles. The van der Waals surface area contributed by atoms with Gasteiger partial charge in [0.05, 0.1) is 11.4 Å². The van der Waals surface area contributed by atoms with Gasteiger partial charge in [0, 0.05) is 11.7 Å². The standard InChI is InChI=1S/C12H19N3O3S/c1-8(2)15(7-12(14)16)19(17,18)11-5-9(3)4-10(13)6-11/h4-6,8H,7,13H2,1-3H3,(H2,14,16). The second kappa shape index (κ2) is 5.58. The number of nitrogens with zero attached hydrogens (tertiary/aromatic N) is 1. The number of carbonyl (C=O) groups excluding carboxylic acids is 1. The lowest BCUT2D eigenvalue weighted by atomic mass is 10.2. The fourth-order valence-corrected chi connectivity index (χ4v) is 3.50. The molecule has 1 amide bonds. The molecule has 19 heavy (non-hydrogen) atoms. The van der Waals surface area contributed by atoms with Crippen LogP contribution in [0.4, 0.5) is 5.69 Å². The minimum absolute atomic E-state index is 0.0694. The van der Waals surface area contributed by atoms with E-state index in [0.717, 1.165) is 9.87 Å². The molecule has 0 unspecified atom stereocenters. The molecule has 0 aliphatic carbocycles. The average molecular weight is 285 g/mol. The number of carbonyl (C=O) groups is 1. The predicted molar refractivity (Wildman–Crippen MR) is 73.8 cm³/mol. The SMILES string of the molecule is Cc1cc(N)cc(S(=O)(=O)N(CC(N)=O)C(C)C)c1. The zero-order chi connectivity index (χ0) is 14.8. The van der Waals surface area contributed by atoms with Gasteiger partial charge in [0.2, 0.25) is 15.9 Å². The molecule has 0 heterocycles. The summed E-state index contributed by atoms with van der Waals surface area (Å²) in [4.78, 5) is 11.1. The van der Waals surface area contributed by atoms with Gasteiger partial charge in [0.25, 0.3) is 0 Å². The number of rotatable bonds is 5. The first-order valence-electron chi connectivity index (χ1n) is 5.82. The number of primary amides is 1. The van der Waals surface area contributed by atoms with E-state index >= 15 is 0 Å². The molecule has 0 saturated heterocycles. The van der Waals surface area contributed by atoms with E-state index in [2.05, 4.69) is 0 Å². The fourth-order valence-electron chi connectivity index (χ4n) is 1.76. The molecular weight excluding hydrogens is 266 g/mol. The van der Waals surface area contributed by atoms with Crippen LogP contribution in [0.15, 0.2) is 23.1 Å². The minimum atomic E-state index is -3.79. The van der Waals surface area contributed by atoms with Gasteiger partial charge in [-0.15, -0.1) is 0 Å². The fraction of sp³-hybridized carbons (Fsp3) is 0.417. The summed E-state index contributed by atoms with van der Waals surface area (Å²) in [6.07, 6.45) is 0. The van der Waals surface area contributed by atoms with Crippen LogP contribution in [0.3, 0.4) is 0 Å². The Kier molecular flexibility index (Phi) is 4.54. The van der Waals surface area contributed by atoms with E-state index in [4.69, 9.17) is 11.5 Å². The largest absolute Gasteiger partial charge is 0.399 e. The number of hydrogen-bond acceptors (Lipinski definition) is 4. The van der Waals surface area contributed by atoms with E-state index in [9.17, 15) is 13.2 Å². The van der Waals surface area contributed by atoms with Gasteiger partial charge in [-0.1, -0.05) is 0 Å². The molecule has 4 N–H and O–H groups in total. The number of benzene rings is 1. The van der Waals surface area contributed by atoms with Crippen LogP contribution < -0.4 is 11.5 Å². The molecule has 6 nitrogen and oxygen atoms in total. The summed E-state index contributed by atoms with van der Waals surface area (Å²) < 4.78 is 26.0. The van der Waals surface area contributed by atoms with Crippen molar-refractivity contribution < 1.29 is 13.2 Å². The first-order valence-corrected chi connectivity index (χ1v) is 7.26. The van der Waals surface area contributed by atoms with Gasteiger partial charge in [-0.25, -0.2) is 8.42 Å². The lowest BCUT2D eigenvalue weighted by Gasteiger charge is -2.24. The van der Waals surface area contributed by atoms with E-state index < -0.39 is 15.9 Å². The van der Waals surface area contributed by atoms with Crippen LogP contribution in [0.1, 0.15) is 19.4 Å². The van der Waals surface area contributed by atoms with Gasteiger partial charge in [0.15, 0.2) is 0 Å². The third-order valence-corrected chi connectivity index (χ3v) is 4.57. The van der Waals surface area contributed by atoms with Crippen molar-refractivity contribution in [2.45, 2.75) is 31.7 Å². The summed E-state index contributed by atoms with van der Waals surface area (Å²) in [5.74, 6) is -0.696. The second-order valence-electron chi connectivity index (χ2n) is 4.69. The maximum atomic E-state index is 12.5. The maximum Gasteiger partial charge on any atom is 0.243 e. The molecule has 1 aromatic rings. The summed E-state index contributed by atoms with van der Waals surface area (Å²) in [5, 5.41) is 0. The Morgan fingerprint density at radius 3 is 2.32 bits per heavy atom. The van der Waals surface area contributed by atoms with E-state index in [1.54, 1.807) is 26.8 Å². The van der Waals surface area contributed by atoms with E-state index in [-0.39, 0.29) is 17.5 Å². The van der Waals surface area contributed by atoms with Crippen LogP contribution in [0.25, 0.3) is 0 Å². The van der Waals surface area contributed by atoms with Crippen LogP contribution in [-0.4, -0.2) is 31.2 Å². The molecule has 0 atom stereocenters. The number of nitrogens with two attached hydrogens (primary N) is 2. The molecule has 1 aromatic carbocycles. The van der Waals surface area contributed by atoms with Crippen LogP contribution >= 0.6 is 0 Å². The first-order chi connectivity index (χ1) is 8.64. The Labute approximate surface area is 113 Å². The number of aryl methyl sites for hydroxylation is 1. The number of sulfonamides is 1. The molecular formula is C12H19N3O3S. The van der Waals surface area contributed by atoms with Gasteiger partial charge in [-0.3, -0.25) is 4.79 Å². The predicted octanol–water partition coefficient (Wildman–Crippen LogP) is 0.462. The minimum Gasteiger partial charge on any atom is -0.399 e. The molecule has 0 fully saturated rings. The smallest absolute Gasteiger partial charge is 0.243 e. The number of nitrogen functional groups attached to an aromatic ring is 1. The number of amides is 1. The van der Waals surface area contributed by atoms with Crippen LogP contribution in [0.2, 0.25) is 0 Å². The average Bonchev–Trinajstić information content (AvgIpc) is 2.23. The van der Waals surface area contributed by atoms with Crippen molar-refractivity contribution in [2.75, 3.05) is 12.3 Å². The highest BCUT2D eigenvalue weighted by Crippen LogP contribution is 2.21. The highest BCUT2D eigenvalue weighted by molar-refractivity contribution is 7.89. The van der Waals surface area contributed by atoms with E-state index in [1.165, 1.54) is 12.1 Å². The summed E-state index contributed by atoms with van der Waals surface area (Å²) in [5.41, 5.74) is 11.9. The molecule has 1 rings (SSSR count). The Morgan fingerprint density at radius 2 is 1.89 bits per heavy atom. The van der Waals surface area contributed by atoms with Crippen molar-refractivity contribution in [1.29, 1.82) is 0 Å². The third kappa shape index (κ3) is 3.68. The van der Waals surface area contributed by atoms with Crippen molar-refractivity contribution in [1.82, 2.24) is 4.31 Å². The lowest BCUT2D eigenvalue weighted by Crippen LogP contribution is -2.42. The molecule has 106 valence electrons. The molecule has 0 aromatic heterocycles. The Hall–Kier alpha value is -1.60. The molecule has 0 radical (unpaired) electrons. The van der Waals surface area contributed by atoms with Gasteiger partial charge >= 0.3 is 0 Å². The van der Waals surface area contributed by atoms with Crippen LogP contribution in [0.5, 0.6) is 0 Å². The Balaban J connectivity index is 3.30. The highest BCUT2D eigenvalue weighted by atomic mass is 32.2. The van der Waals surface area contributed by atoms with Crippen LogP contribution in [-0.2, 0) is 14.8 Å². The normalized spacial score (nSPS) is 12.1. The summed E-state index contributed by atoms with van der Waals surface area (Å²) in [6.45, 7) is 4.76. The Morgan fingerprint density at radius 1 is 1.32 bits per heavy atom. The molecule has 7 heteroatoms. The van der Waals surface area contributed by atoms with Crippen LogP contribution in [0, 0.1) is 6.92 Å². The van der Waals surface area contributed by atoms with Crippen molar-refractivity contribution >= 4 is 21.6 Å². The summed E-state index contributed by atoms with van der Waals surface area (Å²) >= 11 is 0.